The number of ketones is 1. The second-order valence-electron chi connectivity index (χ2n) is 6.94. The highest BCUT2D eigenvalue weighted by Gasteiger charge is 2.69. The maximum Gasteiger partial charge on any atom is 0.312 e. The summed E-state index contributed by atoms with van der Waals surface area (Å²) in [6.07, 6.45) is 0.205. The van der Waals surface area contributed by atoms with E-state index in [-0.39, 0.29) is 12.2 Å². The number of carbonyl (C=O) groups excluding carboxylic acids is 2. The van der Waals surface area contributed by atoms with Gasteiger partial charge in [0.25, 0.3) is 0 Å². The second-order valence-corrected chi connectivity index (χ2v) is 6.94. The van der Waals surface area contributed by atoms with Gasteiger partial charge in [0.15, 0.2) is 11.3 Å². The molecule has 0 aromatic heterocycles. The topological polar surface area (TPSA) is 169 Å². The zero-order chi connectivity index (χ0) is 20.4. The van der Waals surface area contributed by atoms with Gasteiger partial charge in [-0.05, 0) is 32.4 Å². The Balaban J connectivity index is 2.51. The molecule has 0 spiro atoms. The highest BCUT2D eigenvalue weighted by molar-refractivity contribution is 5.94. The summed E-state index contributed by atoms with van der Waals surface area (Å²) >= 11 is 0. The zero-order valence-corrected chi connectivity index (χ0v) is 15.4. The molecule has 1 saturated carbocycles. The molecule has 2 amide bonds. The number of rotatable bonds is 7. The van der Waals surface area contributed by atoms with Gasteiger partial charge in [0, 0.05) is 11.3 Å². The van der Waals surface area contributed by atoms with E-state index in [2.05, 4.69) is 21.0 Å². The summed E-state index contributed by atoms with van der Waals surface area (Å²) in [5, 5.41) is 11.9. The molecule has 1 aromatic rings. The van der Waals surface area contributed by atoms with Gasteiger partial charge in [0.2, 0.25) is 0 Å². The minimum absolute atomic E-state index is 0.128. The fraction of sp³-hybridized carbons (Fsp3) is 0.529. The van der Waals surface area contributed by atoms with Gasteiger partial charge >= 0.3 is 6.03 Å². The van der Waals surface area contributed by atoms with E-state index in [0.29, 0.717) is 11.3 Å². The van der Waals surface area contributed by atoms with Crippen molar-refractivity contribution < 1.29 is 9.59 Å². The van der Waals surface area contributed by atoms with E-state index < -0.39 is 35.2 Å². The first-order chi connectivity index (χ1) is 12.7. The van der Waals surface area contributed by atoms with Crippen molar-refractivity contribution in [3.05, 3.63) is 39.6 Å². The van der Waals surface area contributed by atoms with Crippen LogP contribution in [-0.2, 0) is 0 Å². The Bertz CT molecular complexity index is 772. The molecule has 1 aromatic carbocycles. The summed E-state index contributed by atoms with van der Waals surface area (Å²) < 4.78 is 0. The lowest BCUT2D eigenvalue weighted by atomic mass is 9.76. The number of anilines is 1. The summed E-state index contributed by atoms with van der Waals surface area (Å²) in [6, 6.07) is 2.86. The van der Waals surface area contributed by atoms with Crippen LogP contribution in [0.25, 0.3) is 0 Å². The van der Waals surface area contributed by atoms with E-state index in [1.165, 1.54) is 13.8 Å². The maximum absolute atomic E-state index is 11.8. The Morgan fingerprint density at radius 3 is 2.44 bits per heavy atom. The summed E-state index contributed by atoms with van der Waals surface area (Å²) in [7, 11) is 0. The molecular formula is C17H24N6O4. The molecule has 0 radical (unpaired) electrons. The van der Waals surface area contributed by atoms with Gasteiger partial charge in [0.1, 0.15) is 6.04 Å². The molecule has 1 aliphatic rings. The molecule has 0 heterocycles. The first kappa shape index (κ1) is 20.4. The standard InChI is InChI=1S/C17H24N6O4/c1-4-17(21-15(19)25)13(18)12(14(22-26)16(17,3)23-27)20-11-7-5-6-10(8-11)9(2)24/h5-8,12-14,20H,4,18H2,1-3H3,(H3,19,21,25)/t12-,13-,14+,16-,17-/m0/s1. The molecule has 146 valence electrons. The first-order valence-electron chi connectivity index (χ1n) is 8.54. The van der Waals surface area contributed by atoms with Crippen LogP contribution >= 0.6 is 0 Å². The Morgan fingerprint density at radius 2 is 1.96 bits per heavy atom. The minimum atomic E-state index is -1.62. The molecule has 2 rings (SSSR count). The average molecular weight is 376 g/mol. The normalized spacial score (nSPS) is 32.5. The average Bonchev–Trinajstić information content (AvgIpc) is 2.80. The van der Waals surface area contributed by atoms with E-state index in [1.807, 2.05) is 0 Å². The largest absolute Gasteiger partial charge is 0.378 e. The van der Waals surface area contributed by atoms with Crippen molar-refractivity contribution in [3.8, 4) is 0 Å². The molecule has 0 aliphatic heterocycles. The third kappa shape index (κ3) is 3.16. The van der Waals surface area contributed by atoms with Gasteiger partial charge in [-0.25, -0.2) is 4.79 Å². The van der Waals surface area contributed by atoms with Crippen LogP contribution in [-0.4, -0.2) is 41.0 Å². The highest BCUT2D eigenvalue weighted by Crippen LogP contribution is 2.46. The molecule has 27 heavy (non-hydrogen) atoms. The van der Waals surface area contributed by atoms with Crippen molar-refractivity contribution in [3.63, 3.8) is 0 Å². The number of hydrogen-bond acceptors (Lipinski definition) is 8. The number of Topliss-reactive ketones (excluding diaryl/α,β-unsaturated/α-hetero) is 1. The summed E-state index contributed by atoms with van der Waals surface area (Å²) in [5.41, 5.74) is 9.68. The quantitative estimate of drug-likeness (QED) is 0.415. The van der Waals surface area contributed by atoms with Crippen LogP contribution in [0.3, 0.4) is 0 Å². The number of nitrogens with two attached hydrogens (primary N) is 2. The SMILES string of the molecule is CC[C@]1(NC(N)=O)[C@@H](N)[C@H](Nc2cccc(C(C)=O)c2)[C@@H](N=O)[C@]1(C)N=O. The maximum atomic E-state index is 11.8. The third-order valence-corrected chi connectivity index (χ3v) is 5.58. The van der Waals surface area contributed by atoms with Crippen LogP contribution in [0.1, 0.15) is 37.6 Å². The van der Waals surface area contributed by atoms with Crippen molar-refractivity contribution in [1.29, 1.82) is 0 Å². The molecule has 10 heteroatoms. The molecule has 0 unspecified atom stereocenters. The van der Waals surface area contributed by atoms with Crippen molar-refractivity contribution in [2.45, 2.75) is 56.4 Å². The number of carbonyl (C=O) groups is 2. The lowest BCUT2D eigenvalue weighted by Crippen LogP contribution is -2.68. The molecule has 6 N–H and O–H groups in total. The number of amides is 2. The fourth-order valence-corrected chi connectivity index (χ4v) is 4.06. The zero-order valence-electron chi connectivity index (χ0n) is 15.4. The molecule has 0 bridgehead atoms. The van der Waals surface area contributed by atoms with Gasteiger partial charge in [-0.2, -0.15) is 9.81 Å². The molecule has 10 nitrogen and oxygen atoms in total. The smallest absolute Gasteiger partial charge is 0.312 e. The summed E-state index contributed by atoms with van der Waals surface area (Å²) in [5.74, 6) is -0.128. The highest BCUT2D eigenvalue weighted by atomic mass is 16.3. The van der Waals surface area contributed by atoms with Gasteiger partial charge in [-0.3, -0.25) is 4.79 Å². The fourth-order valence-electron chi connectivity index (χ4n) is 4.06. The summed E-state index contributed by atoms with van der Waals surface area (Å²) in [4.78, 5) is 46.6. The van der Waals surface area contributed by atoms with Crippen LogP contribution < -0.4 is 22.1 Å². The molecule has 5 atom stereocenters. The lowest BCUT2D eigenvalue weighted by molar-refractivity contribution is 0.101. The van der Waals surface area contributed by atoms with Gasteiger partial charge < -0.3 is 22.1 Å². The van der Waals surface area contributed by atoms with E-state index in [1.54, 1.807) is 31.2 Å². The van der Waals surface area contributed by atoms with Crippen molar-refractivity contribution >= 4 is 17.5 Å². The van der Waals surface area contributed by atoms with Crippen LogP contribution in [0.15, 0.2) is 34.6 Å². The van der Waals surface area contributed by atoms with E-state index in [4.69, 9.17) is 11.5 Å². The van der Waals surface area contributed by atoms with Crippen molar-refractivity contribution in [2.24, 2.45) is 21.8 Å². The van der Waals surface area contributed by atoms with E-state index in [0.717, 1.165) is 0 Å². The predicted molar refractivity (Wildman–Crippen MR) is 101 cm³/mol. The Labute approximate surface area is 156 Å². The van der Waals surface area contributed by atoms with Crippen LogP contribution in [0.2, 0.25) is 0 Å². The van der Waals surface area contributed by atoms with Crippen LogP contribution in [0, 0.1) is 9.81 Å². The Hall–Kier alpha value is -2.88. The first-order valence-corrected chi connectivity index (χ1v) is 8.54. The summed E-state index contributed by atoms with van der Waals surface area (Å²) in [6.45, 7) is 4.57. The number of nitrogens with one attached hydrogen (secondary N) is 2. The number of urea groups is 1. The molecular weight excluding hydrogens is 352 g/mol. The third-order valence-electron chi connectivity index (χ3n) is 5.58. The predicted octanol–water partition coefficient (Wildman–Crippen LogP) is 1.49. The Kier molecular flexibility index (Phi) is 5.59. The number of benzene rings is 1. The van der Waals surface area contributed by atoms with Gasteiger partial charge in [0.05, 0.1) is 17.6 Å². The minimum Gasteiger partial charge on any atom is -0.378 e. The van der Waals surface area contributed by atoms with Crippen molar-refractivity contribution in [2.75, 3.05) is 5.32 Å². The number of primary amides is 1. The molecule has 1 fully saturated rings. The van der Waals surface area contributed by atoms with E-state index in [9.17, 15) is 19.4 Å². The van der Waals surface area contributed by atoms with Gasteiger partial charge in [-0.15, -0.1) is 0 Å². The molecule has 0 saturated heterocycles. The van der Waals surface area contributed by atoms with Crippen molar-refractivity contribution in [1.82, 2.24) is 5.32 Å². The van der Waals surface area contributed by atoms with Gasteiger partial charge in [-0.1, -0.05) is 29.4 Å². The van der Waals surface area contributed by atoms with Crippen LogP contribution in [0.5, 0.6) is 0 Å². The monoisotopic (exact) mass is 376 g/mol. The number of nitrogens with zero attached hydrogens (tertiary/aromatic N) is 2. The number of hydrogen-bond donors (Lipinski definition) is 4. The molecule has 1 aliphatic carbocycles. The van der Waals surface area contributed by atoms with Crippen LogP contribution in [0.4, 0.5) is 10.5 Å². The van der Waals surface area contributed by atoms with E-state index >= 15 is 0 Å². The second kappa shape index (κ2) is 7.39. The lowest BCUT2D eigenvalue weighted by Gasteiger charge is -2.41. The number of nitroso groups, excluding NO2 is 2. The Morgan fingerprint density at radius 1 is 1.30 bits per heavy atom.